The summed E-state index contributed by atoms with van der Waals surface area (Å²) < 4.78 is 13.0. The summed E-state index contributed by atoms with van der Waals surface area (Å²) in [6.07, 6.45) is 2.18. The number of morpholine rings is 1. The molecule has 1 fully saturated rings. The highest BCUT2D eigenvalue weighted by Gasteiger charge is 2.19. The van der Waals surface area contributed by atoms with Crippen molar-refractivity contribution in [1.29, 1.82) is 0 Å². The Kier molecular flexibility index (Phi) is 2.97. The maximum absolute atomic E-state index is 5.55. The molecule has 1 aromatic carbocycles. The Morgan fingerprint density at radius 3 is 3.06 bits per heavy atom. The van der Waals surface area contributed by atoms with E-state index in [1.54, 1.807) is 7.11 Å². The number of benzene rings is 1. The van der Waals surface area contributed by atoms with Crippen LogP contribution in [0.4, 0.5) is 0 Å². The van der Waals surface area contributed by atoms with E-state index in [9.17, 15) is 0 Å². The molecule has 1 aliphatic heterocycles. The predicted octanol–water partition coefficient (Wildman–Crippen LogP) is 1.85. The van der Waals surface area contributed by atoms with Gasteiger partial charge < -0.3 is 19.4 Å². The second-order valence-electron chi connectivity index (χ2n) is 4.66. The van der Waals surface area contributed by atoms with Crippen LogP contribution in [0.2, 0.25) is 0 Å². The molecule has 4 nitrogen and oxygen atoms in total. The minimum Gasteiger partial charge on any atom is -0.497 e. The van der Waals surface area contributed by atoms with Crippen molar-refractivity contribution in [2.45, 2.75) is 6.04 Å². The molecule has 4 heteroatoms. The van der Waals surface area contributed by atoms with E-state index in [1.165, 1.54) is 16.5 Å². The number of nitrogens with zero attached hydrogens (tertiary/aromatic N) is 1. The molecule has 18 heavy (non-hydrogen) atoms. The molecular formula is C14H18N2O2. The van der Waals surface area contributed by atoms with Crippen LogP contribution in [0.25, 0.3) is 10.9 Å². The number of ether oxygens (including phenoxy) is 2. The topological polar surface area (TPSA) is 35.4 Å². The molecule has 1 aliphatic rings. The monoisotopic (exact) mass is 246 g/mol. The first-order valence-electron chi connectivity index (χ1n) is 6.23. The molecule has 1 unspecified atom stereocenters. The number of aryl methyl sites for hydroxylation is 1. The molecule has 1 N–H and O–H groups in total. The highest BCUT2D eigenvalue weighted by molar-refractivity contribution is 5.86. The van der Waals surface area contributed by atoms with Gasteiger partial charge in [-0.05, 0) is 23.8 Å². The highest BCUT2D eigenvalue weighted by Crippen LogP contribution is 2.30. The van der Waals surface area contributed by atoms with Crippen LogP contribution in [0, 0.1) is 0 Å². The van der Waals surface area contributed by atoms with Gasteiger partial charge in [0, 0.05) is 30.7 Å². The van der Waals surface area contributed by atoms with Gasteiger partial charge in [-0.25, -0.2) is 0 Å². The maximum atomic E-state index is 5.55. The van der Waals surface area contributed by atoms with Crippen molar-refractivity contribution in [2.24, 2.45) is 7.05 Å². The van der Waals surface area contributed by atoms with Crippen LogP contribution in [0.15, 0.2) is 24.4 Å². The minimum absolute atomic E-state index is 0.273. The normalized spacial score (nSPS) is 20.2. The largest absolute Gasteiger partial charge is 0.497 e. The highest BCUT2D eigenvalue weighted by atomic mass is 16.5. The summed E-state index contributed by atoms with van der Waals surface area (Å²) in [4.78, 5) is 0. The Hall–Kier alpha value is -1.52. The fourth-order valence-corrected chi connectivity index (χ4v) is 2.57. The summed E-state index contributed by atoms with van der Waals surface area (Å²) in [5, 5.41) is 4.74. The van der Waals surface area contributed by atoms with Crippen LogP contribution >= 0.6 is 0 Å². The number of fused-ring (bicyclic) bond motifs is 1. The van der Waals surface area contributed by atoms with E-state index in [1.807, 2.05) is 6.07 Å². The molecule has 96 valence electrons. The molecule has 0 aliphatic carbocycles. The Balaban J connectivity index is 2.09. The molecule has 1 saturated heterocycles. The third kappa shape index (κ3) is 1.87. The lowest BCUT2D eigenvalue weighted by Gasteiger charge is -2.23. The number of aromatic nitrogens is 1. The van der Waals surface area contributed by atoms with Crippen molar-refractivity contribution in [1.82, 2.24) is 9.88 Å². The fraction of sp³-hybridized carbons (Fsp3) is 0.429. The number of rotatable bonds is 2. The van der Waals surface area contributed by atoms with E-state index in [0.717, 1.165) is 25.5 Å². The zero-order valence-electron chi connectivity index (χ0n) is 10.8. The van der Waals surface area contributed by atoms with Gasteiger partial charge in [0.1, 0.15) is 5.75 Å². The number of nitrogens with one attached hydrogen (secondary N) is 1. The smallest absolute Gasteiger partial charge is 0.119 e. The molecule has 3 rings (SSSR count). The number of hydrogen-bond donors (Lipinski definition) is 1. The molecule has 2 aromatic rings. The van der Waals surface area contributed by atoms with E-state index < -0.39 is 0 Å². The lowest BCUT2D eigenvalue weighted by atomic mass is 10.1. The van der Waals surface area contributed by atoms with Crippen LogP contribution < -0.4 is 10.1 Å². The van der Waals surface area contributed by atoms with Gasteiger partial charge in [0.25, 0.3) is 0 Å². The van der Waals surface area contributed by atoms with Gasteiger partial charge in [0.05, 0.1) is 26.4 Å². The van der Waals surface area contributed by atoms with Crippen molar-refractivity contribution in [3.8, 4) is 5.75 Å². The molecular weight excluding hydrogens is 228 g/mol. The summed E-state index contributed by atoms with van der Waals surface area (Å²) >= 11 is 0. The van der Waals surface area contributed by atoms with E-state index in [2.05, 4.69) is 35.3 Å². The third-order valence-corrected chi connectivity index (χ3v) is 3.52. The zero-order valence-corrected chi connectivity index (χ0v) is 10.8. The Morgan fingerprint density at radius 1 is 1.44 bits per heavy atom. The Labute approximate surface area is 106 Å². The molecule has 0 spiro atoms. The SMILES string of the molecule is COc1ccc2c(c1)c(C1COCCN1)cn2C. The standard InChI is InChI=1S/C14H18N2O2/c1-16-8-12(13-9-18-6-5-15-13)11-7-10(17-2)3-4-14(11)16/h3-4,7-8,13,15H,5-6,9H2,1-2H3. The Morgan fingerprint density at radius 2 is 2.33 bits per heavy atom. The third-order valence-electron chi connectivity index (χ3n) is 3.52. The van der Waals surface area contributed by atoms with Crippen LogP contribution in [0.1, 0.15) is 11.6 Å². The first-order chi connectivity index (χ1) is 8.79. The minimum atomic E-state index is 0.273. The summed E-state index contributed by atoms with van der Waals surface area (Å²) in [6, 6.07) is 6.47. The molecule has 1 aromatic heterocycles. The average Bonchev–Trinajstić information content (AvgIpc) is 2.76. The van der Waals surface area contributed by atoms with Gasteiger partial charge in [0.2, 0.25) is 0 Å². The molecule has 2 heterocycles. The van der Waals surface area contributed by atoms with Crippen molar-refractivity contribution in [3.05, 3.63) is 30.0 Å². The lowest BCUT2D eigenvalue weighted by Crippen LogP contribution is -2.34. The van der Waals surface area contributed by atoms with Gasteiger partial charge >= 0.3 is 0 Å². The van der Waals surface area contributed by atoms with Crippen molar-refractivity contribution >= 4 is 10.9 Å². The van der Waals surface area contributed by atoms with Gasteiger partial charge in [-0.2, -0.15) is 0 Å². The van der Waals surface area contributed by atoms with E-state index >= 15 is 0 Å². The zero-order chi connectivity index (χ0) is 12.5. The van der Waals surface area contributed by atoms with Crippen LogP contribution in [0.3, 0.4) is 0 Å². The van der Waals surface area contributed by atoms with Crippen molar-refractivity contribution in [3.63, 3.8) is 0 Å². The number of hydrogen-bond acceptors (Lipinski definition) is 3. The van der Waals surface area contributed by atoms with Crippen LogP contribution in [0.5, 0.6) is 5.75 Å². The quantitative estimate of drug-likeness (QED) is 0.878. The van der Waals surface area contributed by atoms with Crippen molar-refractivity contribution < 1.29 is 9.47 Å². The van der Waals surface area contributed by atoms with Gasteiger partial charge in [-0.1, -0.05) is 0 Å². The van der Waals surface area contributed by atoms with E-state index in [4.69, 9.17) is 9.47 Å². The fourth-order valence-electron chi connectivity index (χ4n) is 2.57. The summed E-state index contributed by atoms with van der Waals surface area (Å²) in [7, 11) is 3.77. The molecule has 0 saturated carbocycles. The predicted molar refractivity (Wildman–Crippen MR) is 71.0 cm³/mol. The second-order valence-corrected chi connectivity index (χ2v) is 4.66. The van der Waals surface area contributed by atoms with Crippen LogP contribution in [-0.2, 0) is 11.8 Å². The molecule has 1 atom stereocenters. The summed E-state index contributed by atoms with van der Waals surface area (Å²) in [5.41, 5.74) is 2.50. The van der Waals surface area contributed by atoms with Crippen LogP contribution in [-0.4, -0.2) is 31.4 Å². The van der Waals surface area contributed by atoms with Gasteiger partial charge in [-0.3, -0.25) is 0 Å². The van der Waals surface area contributed by atoms with Gasteiger partial charge in [0.15, 0.2) is 0 Å². The van der Waals surface area contributed by atoms with Gasteiger partial charge in [-0.15, -0.1) is 0 Å². The summed E-state index contributed by atoms with van der Waals surface area (Å²) in [5.74, 6) is 0.895. The summed E-state index contributed by atoms with van der Waals surface area (Å²) in [6.45, 7) is 2.44. The van der Waals surface area contributed by atoms with E-state index in [0.29, 0.717) is 0 Å². The second kappa shape index (κ2) is 4.63. The maximum Gasteiger partial charge on any atom is 0.119 e. The first kappa shape index (κ1) is 11.6. The van der Waals surface area contributed by atoms with Crippen molar-refractivity contribution in [2.75, 3.05) is 26.9 Å². The first-order valence-corrected chi connectivity index (χ1v) is 6.23. The molecule has 0 radical (unpaired) electrons. The van der Waals surface area contributed by atoms with E-state index in [-0.39, 0.29) is 6.04 Å². The number of methoxy groups -OCH3 is 1. The molecule has 0 bridgehead atoms. The Bertz CT molecular complexity index is 556. The lowest BCUT2D eigenvalue weighted by molar-refractivity contribution is 0.0772. The molecule has 0 amide bonds. The average molecular weight is 246 g/mol.